The van der Waals surface area contributed by atoms with Crippen molar-refractivity contribution >= 4 is 17.7 Å². The van der Waals surface area contributed by atoms with E-state index >= 15 is 0 Å². The molecule has 1 atom stereocenters. The normalized spacial score (nSPS) is 12.4. The molecule has 1 aromatic carbocycles. The number of ether oxygens (including phenoxy) is 2. The highest BCUT2D eigenvalue weighted by molar-refractivity contribution is 6.04. The summed E-state index contributed by atoms with van der Waals surface area (Å²) in [6, 6.07) is 7.15. The van der Waals surface area contributed by atoms with Crippen molar-refractivity contribution in [3.63, 3.8) is 0 Å². The highest BCUT2D eigenvalue weighted by atomic mass is 16.5. The van der Waals surface area contributed by atoms with Gasteiger partial charge in [-0.3, -0.25) is 4.79 Å². The molecule has 0 saturated carbocycles. The van der Waals surface area contributed by atoms with Gasteiger partial charge in [-0.05, 0) is 49.4 Å². The number of aryl methyl sites for hydroxylation is 1. The maximum absolute atomic E-state index is 12.7. The van der Waals surface area contributed by atoms with E-state index in [1.54, 1.807) is 26.0 Å². The van der Waals surface area contributed by atoms with Gasteiger partial charge >= 0.3 is 11.9 Å². The van der Waals surface area contributed by atoms with Crippen molar-refractivity contribution in [3.8, 4) is 0 Å². The van der Waals surface area contributed by atoms with Crippen molar-refractivity contribution in [2.75, 3.05) is 7.11 Å². The molecular weight excluding hydrogens is 358 g/mol. The molecule has 0 aliphatic carbocycles. The molecule has 28 heavy (non-hydrogen) atoms. The minimum Gasteiger partial charge on any atom is -0.465 e. The van der Waals surface area contributed by atoms with E-state index in [1.807, 2.05) is 12.1 Å². The fourth-order valence-corrected chi connectivity index (χ4v) is 3.00. The number of Topliss-reactive ketones (excluding diaryl/α,β-unsaturated/α-hetero) is 1. The average molecular weight is 385 g/mol. The van der Waals surface area contributed by atoms with E-state index in [1.165, 1.54) is 14.0 Å². The van der Waals surface area contributed by atoms with E-state index in [9.17, 15) is 14.4 Å². The molecule has 0 fully saturated rings. The van der Waals surface area contributed by atoms with E-state index in [0.717, 1.165) is 5.56 Å². The fraction of sp³-hybridized carbons (Fsp3) is 0.409. The molecular formula is C22H27NO5. The van der Waals surface area contributed by atoms with Crippen LogP contribution in [-0.4, -0.2) is 35.9 Å². The van der Waals surface area contributed by atoms with Crippen LogP contribution in [0.3, 0.4) is 0 Å². The van der Waals surface area contributed by atoms with Crippen molar-refractivity contribution in [2.24, 2.45) is 0 Å². The van der Waals surface area contributed by atoms with Crippen LogP contribution in [0.4, 0.5) is 0 Å². The first kappa shape index (κ1) is 21.4. The maximum atomic E-state index is 12.7. The molecule has 1 N–H and O–H groups in total. The Labute approximate surface area is 165 Å². The maximum Gasteiger partial charge on any atom is 0.339 e. The van der Waals surface area contributed by atoms with Crippen LogP contribution in [0.2, 0.25) is 0 Å². The number of hydrogen-bond donors (Lipinski definition) is 1. The van der Waals surface area contributed by atoms with Crippen LogP contribution in [0.15, 0.2) is 24.3 Å². The highest BCUT2D eigenvalue weighted by Crippen LogP contribution is 2.23. The monoisotopic (exact) mass is 385 g/mol. The number of methoxy groups -OCH3 is 1. The van der Waals surface area contributed by atoms with Crippen LogP contribution < -0.4 is 0 Å². The molecule has 0 radical (unpaired) electrons. The molecule has 0 aliphatic heterocycles. The lowest BCUT2D eigenvalue weighted by atomic mass is 9.87. The molecule has 0 bridgehead atoms. The average Bonchev–Trinajstić information content (AvgIpc) is 2.94. The first-order valence-corrected chi connectivity index (χ1v) is 9.10. The summed E-state index contributed by atoms with van der Waals surface area (Å²) in [5.74, 6) is -1.50. The molecule has 0 unspecified atom stereocenters. The van der Waals surface area contributed by atoms with E-state index in [4.69, 9.17) is 9.47 Å². The number of aromatic nitrogens is 1. The van der Waals surface area contributed by atoms with E-state index in [2.05, 4.69) is 25.8 Å². The van der Waals surface area contributed by atoms with Gasteiger partial charge in [-0.1, -0.05) is 32.9 Å². The van der Waals surface area contributed by atoms with E-state index < -0.39 is 23.8 Å². The number of esters is 2. The Balaban J connectivity index is 2.16. The van der Waals surface area contributed by atoms with Gasteiger partial charge in [0.05, 0.1) is 23.9 Å². The second-order valence-corrected chi connectivity index (χ2v) is 7.86. The van der Waals surface area contributed by atoms with Gasteiger partial charge in [0.25, 0.3) is 0 Å². The minimum atomic E-state index is -1.00. The lowest BCUT2D eigenvalue weighted by Gasteiger charge is -2.19. The Morgan fingerprint density at radius 3 is 2.07 bits per heavy atom. The van der Waals surface area contributed by atoms with E-state index in [0.29, 0.717) is 22.4 Å². The van der Waals surface area contributed by atoms with Crippen molar-refractivity contribution in [3.05, 3.63) is 57.9 Å². The van der Waals surface area contributed by atoms with Crippen LogP contribution in [0.25, 0.3) is 0 Å². The number of H-pyrrole nitrogens is 1. The molecule has 1 heterocycles. The predicted molar refractivity (Wildman–Crippen MR) is 106 cm³/mol. The predicted octanol–water partition coefficient (Wildman–Crippen LogP) is 4.14. The summed E-state index contributed by atoms with van der Waals surface area (Å²) in [7, 11) is 1.28. The molecule has 1 aromatic heterocycles. The smallest absolute Gasteiger partial charge is 0.339 e. The Morgan fingerprint density at radius 2 is 1.57 bits per heavy atom. The van der Waals surface area contributed by atoms with Crippen LogP contribution in [0, 0.1) is 13.8 Å². The van der Waals surface area contributed by atoms with Gasteiger partial charge in [0.15, 0.2) is 6.10 Å². The summed E-state index contributed by atoms with van der Waals surface area (Å²) in [6.45, 7) is 11.1. The zero-order valence-corrected chi connectivity index (χ0v) is 17.4. The van der Waals surface area contributed by atoms with Gasteiger partial charge in [0.1, 0.15) is 0 Å². The van der Waals surface area contributed by atoms with Gasteiger partial charge < -0.3 is 14.5 Å². The lowest BCUT2D eigenvalue weighted by Crippen LogP contribution is -2.25. The van der Waals surface area contributed by atoms with E-state index in [-0.39, 0.29) is 11.1 Å². The molecule has 2 rings (SSSR count). The van der Waals surface area contributed by atoms with Gasteiger partial charge in [0.2, 0.25) is 5.78 Å². The van der Waals surface area contributed by atoms with Crippen LogP contribution in [0.1, 0.15) is 75.7 Å². The molecule has 0 aliphatic rings. The number of carbonyl (C=O) groups is 3. The first-order valence-electron chi connectivity index (χ1n) is 9.10. The quantitative estimate of drug-likeness (QED) is 0.617. The Morgan fingerprint density at radius 1 is 1.00 bits per heavy atom. The molecule has 0 saturated heterocycles. The third kappa shape index (κ3) is 4.32. The summed E-state index contributed by atoms with van der Waals surface area (Å²) in [4.78, 5) is 39.9. The van der Waals surface area contributed by atoms with Gasteiger partial charge in [0, 0.05) is 5.69 Å². The molecule has 6 nitrogen and oxygen atoms in total. The number of nitrogens with one attached hydrogen (secondary N) is 1. The van der Waals surface area contributed by atoms with Crippen LogP contribution in [-0.2, 0) is 14.9 Å². The lowest BCUT2D eigenvalue weighted by molar-refractivity contribution is 0.0316. The molecule has 6 heteroatoms. The number of aromatic amines is 1. The van der Waals surface area contributed by atoms with Crippen LogP contribution >= 0.6 is 0 Å². The summed E-state index contributed by atoms with van der Waals surface area (Å²) in [6.07, 6.45) is -1.00. The van der Waals surface area contributed by atoms with Gasteiger partial charge in [-0.2, -0.15) is 0 Å². The molecule has 0 amide bonds. The second-order valence-electron chi connectivity index (χ2n) is 7.86. The van der Waals surface area contributed by atoms with Crippen molar-refractivity contribution in [1.29, 1.82) is 0 Å². The standard InChI is InChI=1S/C22H27NO5/c1-12-17(21(26)27-7)13(2)23-18(12)19(24)14(3)28-20(25)15-8-10-16(11-9-15)22(4,5)6/h8-11,14,23H,1-7H3/t14-/m0/s1. The topological polar surface area (TPSA) is 85.5 Å². The van der Waals surface area contributed by atoms with Crippen LogP contribution in [0.5, 0.6) is 0 Å². The second kappa shape index (κ2) is 8.00. The third-order valence-corrected chi connectivity index (χ3v) is 4.71. The summed E-state index contributed by atoms with van der Waals surface area (Å²) >= 11 is 0. The van der Waals surface area contributed by atoms with Crippen molar-refractivity contribution in [2.45, 2.75) is 53.1 Å². The van der Waals surface area contributed by atoms with Crippen molar-refractivity contribution < 1.29 is 23.9 Å². The SMILES string of the molecule is COC(=O)c1c(C)[nH]c(C(=O)[C@H](C)OC(=O)c2ccc(C(C)(C)C)cc2)c1C. The zero-order chi connectivity index (χ0) is 21.2. The number of carbonyl (C=O) groups excluding carboxylic acids is 3. The number of ketones is 1. The molecule has 0 spiro atoms. The van der Waals surface area contributed by atoms with Crippen molar-refractivity contribution in [1.82, 2.24) is 4.98 Å². The summed E-state index contributed by atoms with van der Waals surface area (Å²) in [5.41, 5.74) is 3.02. The number of benzene rings is 1. The molecule has 150 valence electrons. The number of rotatable bonds is 5. The fourth-order valence-electron chi connectivity index (χ4n) is 3.00. The van der Waals surface area contributed by atoms with Gasteiger partial charge in [-0.15, -0.1) is 0 Å². The largest absolute Gasteiger partial charge is 0.465 e. The summed E-state index contributed by atoms with van der Waals surface area (Å²) < 4.78 is 10.1. The third-order valence-electron chi connectivity index (χ3n) is 4.71. The minimum absolute atomic E-state index is 0.0218. The molecule has 2 aromatic rings. The summed E-state index contributed by atoms with van der Waals surface area (Å²) in [5, 5.41) is 0. The Bertz CT molecular complexity index is 900. The zero-order valence-electron chi connectivity index (χ0n) is 17.4. The Kier molecular flexibility index (Phi) is 6.12. The highest BCUT2D eigenvalue weighted by Gasteiger charge is 2.27. The van der Waals surface area contributed by atoms with Gasteiger partial charge in [-0.25, -0.2) is 9.59 Å². The number of hydrogen-bond acceptors (Lipinski definition) is 5. The Hall–Kier alpha value is -2.89. The first-order chi connectivity index (χ1) is 13.0.